The molecule has 1 saturated heterocycles. The number of nitrogens with one attached hydrogen (secondary N) is 2. The summed E-state index contributed by atoms with van der Waals surface area (Å²) < 4.78 is 25.9. The van der Waals surface area contributed by atoms with E-state index in [2.05, 4.69) is 230 Å². The molecule has 0 bridgehead atoms. The van der Waals surface area contributed by atoms with Crippen LogP contribution in [-0.4, -0.2) is 84.8 Å². The van der Waals surface area contributed by atoms with Crippen LogP contribution in [0.4, 0.5) is 11.4 Å². The summed E-state index contributed by atoms with van der Waals surface area (Å²) in [5.74, 6) is 66.8. The molecule has 0 unspecified atom stereocenters. The molecular weight excluding hydrogens is 1020 g/mol. The van der Waals surface area contributed by atoms with E-state index in [0.717, 1.165) is 43.9 Å². The lowest BCUT2D eigenvalue weighted by molar-refractivity contribution is 0.102. The number of nitrogens with two attached hydrogens (primary N) is 1. The number of pyridine rings is 1. The maximum absolute atomic E-state index is 12.9. The zero-order chi connectivity index (χ0) is 58.0. The summed E-state index contributed by atoms with van der Waals surface area (Å²) in [6, 6.07) is 17.0. The van der Waals surface area contributed by atoms with Gasteiger partial charge in [-0.05, 0) is 185 Å². The number of aliphatic imine (C=N–C) groups is 2. The Labute approximate surface area is 479 Å². The van der Waals surface area contributed by atoms with Crippen LogP contribution in [0.25, 0.3) is 0 Å². The van der Waals surface area contributed by atoms with Gasteiger partial charge >= 0.3 is 0 Å². The Bertz CT molecular complexity index is 3880. The number of rotatable bonds is 10. The van der Waals surface area contributed by atoms with Crippen molar-refractivity contribution < 1.29 is 36.3 Å². The molecular formula is C59H68N14O5S. The van der Waals surface area contributed by atoms with Crippen LogP contribution in [-0.2, 0) is 16.7 Å². The largest absolute Gasteiger partial charge is 0.368 e. The number of nitroso groups, excluding NO2 is 1. The van der Waals surface area contributed by atoms with Crippen molar-refractivity contribution in [1.82, 2.24) is 14.8 Å². The summed E-state index contributed by atoms with van der Waals surface area (Å²) in [6.07, 6.45) is 10.6. The molecule has 1 aliphatic rings. The zero-order valence-corrected chi connectivity index (χ0v) is 43.5. The van der Waals surface area contributed by atoms with Gasteiger partial charge in [0.2, 0.25) is 5.96 Å². The lowest BCUT2D eigenvalue weighted by atomic mass is 10.1. The first kappa shape index (κ1) is 65.0. The SMILES string of the molecule is C#CC#CC#CC#CC#CC#CC#CC#CC#CC#CC#CC#CC#CC#CC.C=CC(=NC(N)=Nc1cc(NC(=O)c2ccc(CN3CCN(C)CC3)cc2)ccc1C)c1cccnc1.CS(=O)(=O)O.N=N/N=N/N=N/N=O.[HH].[HH].[HH].[HH].[HH].[HH].[HH].[HH].[HH].[HH].[HH].[HH].[HH]. The van der Waals surface area contributed by atoms with Crippen molar-refractivity contribution in [2.45, 2.75) is 20.4 Å². The third-order valence-corrected chi connectivity index (χ3v) is 8.20. The molecule has 0 saturated carbocycles. The number of hydrogen-bond acceptors (Lipinski definition) is 9. The first-order valence-electron chi connectivity index (χ1n) is 21.9. The second kappa shape index (κ2) is 42.5. The van der Waals surface area contributed by atoms with Gasteiger partial charge in [-0.15, -0.1) is 11.3 Å². The maximum atomic E-state index is 12.9. The average Bonchev–Trinajstić information content (AvgIpc) is 3.63. The molecule has 1 amide bonds. The predicted molar refractivity (Wildman–Crippen MR) is 332 cm³/mol. The van der Waals surface area contributed by atoms with Crippen LogP contribution < -0.4 is 11.1 Å². The number of likely N-dealkylation sites (N-methyl/N-ethyl adjacent to an activating group) is 1. The van der Waals surface area contributed by atoms with Gasteiger partial charge in [-0.25, -0.2) is 9.98 Å². The normalized spacial score (nSPS) is 10.4. The minimum atomic E-state index is -3.67. The highest BCUT2D eigenvalue weighted by molar-refractivity contribution is 7.85. The third-order valence-electron chi connectivity index (χ3n) is 8.20. The molecule has 0 atom stereocenters. The van der Waals surface area contributed by atoms with Crippen molar-refractivity contribution in [2.24, 2.45) is 47.1 Å². The molecule has 4 rings (SSSR count). The number of benzene rings is 2. The van der Waals surface area contributed by atoms with Gasteiger partial charge in [-0.1, -0.05) is 30.7 Å². The van der Waals surface area contributed by atoms with Crippen molar-refractivity contribution in [3.05, 3.63) is 107 Å². The molecule has 20 heteroatoms. The average molecular weight is 1090 g/mol. The van der Waals surface area contributed by atoms with E-state index in [1.165, 1.54) is 5.56 Å². The van der Waals surface area contributed by atoms with Crippen LogP contribution in [0.15, 0.2) is 121 Å². The van der Waals surface area contributed by atoms with Crippen LogP contribution in [0.5, 0.6) is 0 Å². The number of carbonyl (C=O) groups is 1. The lowest BCUT2D eigenvalue weighted by Crippen LogP contribution is -2.43. The minimum absolute atomic E-state index is 0. The molecule has 1 aromatic heterocycles. The van der Waals surface area contributed by atoms with Crippen molar-refractivity contribution in [3.63, 3.8) is 0 Å². The number of hydrogen-bond donors (Lipinski definition) is 4. The lowest BCUT2D eigenvalue weighted by Gasteiger charge is -2.32. The fourth-order valence-electron chi connectivity index (χ4n) is 4.94. The van der Waals surface area contributed by atoms with Gasteiger partial charge in [-0.3, -0.25) is 19.2 Å². The van der Waals surface area contributed by atoms with E-state index in [1.807, 2.05) is 60.7 Å². The topological polar surface area (TPSA) is 269 Å². The molecule has 5 N–H and O–H groups in total. The van der Waals surface area contributed by atoms with E-state index >= 15 is 0 Å². The van der Waals surface area contributed by atoms with Crippen molar-refractivity contribution in [3.8, 4) is 166 Å². The van der Waals surface area contributed by atoms with Crippen molar-refractivity contribution in [1.29, 1.82) is 5.53 Å². The Kier molecular flexibility index (Phi) is 35.0. The van der Waals surface area contributed by atoms with Crippen LogP contribution in [0, 0.1) is 184 Å². The number of allylic oxidation sites excluding steroid dienone is 1. The number of piperazine rings is 1. The second-order valence-corrected chi connectivity index (χ2v) is 15.4. The molecule has 410 valence electrons. The Balaban J connectivity index is -0.0000000934. The van der Waals surface area contributed by atoms with E-state index in [0.29, 0.717) is 28.9 Å². The molecule has 2 heterocycles. The molecule has 0 spiro atoms. The quantitative estimate of drug-likeness (QED) is 0.0287. The second-order valence-electron chi connectivity index (χ2n) is 13.9. The monoisotopic (exact) mass is 1080 g/mol. The highest BCUT2D eigenvalue weighted by Crippen LogP contribution is 2.24. The Morgan fingerprint density at radius 1 is 0.772 bits per heavy atom. The molecule has 1 aliphatic heterocycles. The smallest absolute Gasteiger partial charge is 0.261 e. The Morgan fingerprint density at radius 3 is 1.68 bits per heavy atom. The van der Waals surface area contributed by atoms with Gasteiger partial charge in [-0.2, -0.15) is 13.9 Å². The number of nitrogens with zero attached hydrogens (tertiary/aromatic N) is 11. The van der Waals surface area contributed by atoms with Crippen molar-refractivity contribution >= 4 is 39.1 Å². The first-order valence-corrected chi connectivity index (χ1v) is 23.8. The third kappa shape index (κ3) is 36.6. The van der Waals surface area contributed by atoms with E-state index < -0.39 is 10.1 Å². The number of guanidine groups is 1. The summed E-state index contributed by atoms with van der Waals surface area (Å²) in [7, 11) is -1.51. The standard InChI is InChI=1S/C29H33N7O.C29H4.CH4O3S.HN7O.13H2/c1-4-26(24-6-5-13-31-19-24)33-29(30)34-27-18-25(12-7-21(27)2)32-28(37)23-10-8-22(9-11-23)20-36-16-14-35(3)15-17-36;1-3-5-7-9-11-13-15-17-19-21-23-25-27-29-28-26-24-22-20-18-16-14-12-10-8-6-4-2;1-5(2,3)4;1-2-3-4-5-6-7-8;;;;;;;;;;;;;/h4-13,18-19H,1,14-17,20H2,2-3H3,(H2,30,34)(H,32,37);1H,2H3;1H3,(H,2,3,4);1H;13*1H/b;;;2-1?,4-3+,6-5+;;;;;;;;;;;;;. The Hall–Kier alpha value is -12.0. The van der Waals surface area contributed by atoms with Crippen LogP contribution in [0.2, 0.25) is 0 Å². The summed E-state index contributed by atoms with van der Waals surface area (Å²) in [6.45, 7) is 12.6. The van der Waals surface area contributed by atoms with Gasteiger partial charge in [0.1, 0.15) is 5.29 Å². The van der Waals surface area contributed by atoms with E-state index in [9.17, 15) is 13.2 Å². The van der Waals surface area contributed by atoms with Crippen molar-refractivity contribution in [2.75, 3.05) is 44.8 Å². The summed E-state index contributed by atoms with van der Waals surface area (Å²) in [4.78, 5) is 39.7. The van der Waals surface area contributed by atoms with Crippen LogP contribution in [0.3, 0.4) is 0 Å². The predicted octanol–water partition coefficient (Wildman–Crippen LogP) is 8.83. The minimum Gasteiger partial charge on any atom is -0.368 e. The number of anilines is 1. The van der Waals surface area contributed by atoms with Gasteiger partial charge in [0, 0.05) is 150 Å². The van der Waals surface area contributed by atoms with E-state index in [-0.39, 0.29) is 30.4 Å². The fourth-order valence-corrected chi connectivity index (χ4v) is 4.94. The van der Waals surface area contributed by atoms with Gasteiger partial charge in [0.15, 0.2) is 0 Å². The number of carbonyl (C=O) groups excluding carboxylic acids is 1. The summed E-state index contributed by atoms with van der Waals surface area (Å²) in [5, 5.41) is 17.9. The molecule has 1 fully saturated rings. The number of terminal acetylenes is 1. The highest BCUT2D eigenvalue weighted by Gasteiger charge is 2.14. The number of aromatic nitrogens is 1. The van der Waals surface area contributed by atoms with E-state index in [4.69, 9.17) is 27.1 Å². The molecule has 0 aliphatic carbocycles. The number of amides is 1. The maximum Gasteiger partial charge on any atom is 0.261 e. The summed E-state index contributed by atoms with van der Waals surface area (Å²) >= 11 is 0. The summed E-state index contributed by atoms with van der Waals surface area (Å²) in [5.41, 5.74) is 17.4. The van der Waals surface area contributed by atoms with Gasteiger partial charge < -0.3 is 16.0 Å². The number of aryl methyl sites for hydroxylation is 1. The molecule has 0 radical (unpaired) electrons. The van der Waals surface area contributed by atoms with Gasteiger partial charge in [0.05, 0.1) is 17.7 Å². The van der Waals surface area contributed by atoms with E-state index in [1.54, 1.807) is 31.5 Å². The first-order chi connectivity index (χ1) is 38.2. The van der Waals surface area contributed by atoms with Gasteiger partial charge in [0.25, 0.3) is 16.0 Å². The van der Waals surface area contributed by atoms with Crippen LogP contribution in [0.1, 0.15) is 52.5 Å². The Morgan fingerprint density at radius 2 is 1.25 bits per heavy atom. The van der Waals surface area contributed by atoms with Crippen LogP contribution >= 0.6 is 0 Å². The highest BCUT2D eigenvalue weighted by atomic mass is 32.2. The fraction of sp³-hybridized carbons (Fsp3) is 0.153. The molecule has 3 aromatic rings. The zero-order valence-electron chi connectivity index (χ0n) is 42.7. The molecule has 19 nitrogen and oxygen atoms in total. The molecule has 79 heavy (non-hydrogen) atoms. The molecule has 2 aromatic carbocycles.